The molecule has 0 saturated carbocycles. The van der Waals surface area contributed by atoms with E-state index in [4.69, 9.17) is 0 Å². The summed E-state index contributed by atoms with van der Waals surface area (Å²) < 4.78 is 13.2. The van der Waals surface area contributed by atoms with Crippen LogP contribution >= 0.6 is 0 Å². The van der Waals surface area contributed by atoms with Crippen LogP contribution in [0.25, 0.3) is 0 Å². The topological polar surface area (TPSA) is 17.1 Å². The molecule has 0 unspecified atom stereocenters. The lowest BCUT2D eigenvalue weighted by molar-refractivity contribution is -0.116. The third kappa shape index (κ3) is 2.38. The molecule has 0 heterocycles. The molecular weight excluding hydrogens is 167 g/mol. The average Bonchev–Trinajstić information content (AvgIpc) is 1.99. The second kappa shape index (κ2) is 3.69. The van der Waals surface area contributed by atoms with Crippen molar-refractivity contribution in [1.82, 2.24) is 0 Å². The molecule has 0 spiro atoms. The minimum atomic E-state index is -0.279. The van der Waals surface area contributed by atoms with Crippen molar-refractivity contribution in [2.75, 3.05) is 0 Å². The van der Waals surface area contributed by atoms with Crippen molar-refractivity contribution in [3.63, 3.8) is 0 Å². The molecule has 1 aromatic rings. The second-order valence-electron chi connectivity index (χ2n) is 3.41. The van der Waals surface area contributed by atoms with E-state index in [1.54, 1.807) is 6.07 Å². The first-order valence-corrected chi connectivity index (χ1v) is 4.25. The number of hydrogen-bond donors (Lipinski definition) is 0. The van der Waals surface area contributed by atoms with Crippen LogP contribution in [-0.4, -0.2) is 5.78 Å². The van der Waals surface area contributed by atoms with Crippen LogP contribution in [0.3, 0.4) is 0 Å². The van der Waals surface area contributed by atoms with Gasteiger partial charge in [-0.25, -0.2) is 4.39 Å². The maximum Gasteiger partial charge on any atom is 0.134 e. The number of rotatable bonds is 2. The van der Waals surface area contributed by atoms with Gasteiger partial charge in [-0.1, -0.05) is 6.07 Å². The van der Waals surface area contributed by atoms with Gasteiger partial charge in [0.2, 0.25) is 0 Å². The van der Waals surface area contributed by atoms with Gasteiger partial charge in [-0.05, 0) is 43.5 Å². The van der Waals surface area contributed by atoms with Crippen LogP contribution in [0.5, 0.6) is 0 Å². The normalized spacial score (nSPS) is 10.2. The predicted molar refractivity (Wildman–Crippen MR) is 50.3 cm³/mol. The number of carbonyl (C=O) groups is 1. The Morgan fingerprint density at radius 2 is 1.85 bits per heavy atom. The summed E-state index contributed by atoms with van der Waals surface area (Å²) in [5, 5.41) is 0. The third-order valence-corrected chi connectivity index (χ3v) is 2.10. The molecule has 0 aliphatic carbocycles. The molecule has 1 aromatic carbocycles. The van der Waals surface area contributed by atoms with Gasteiger partial charge in [0, 0.05) is 6.42 Å². The number of benzene rings is 1. The molecule has 0 atom stereocenters. The van der Waals surface area contributed by atoms with Crippen molar-refractivity contribution in [3.05, 3.63) is 34.6 Å². The number of aryl methyl sites for hydroxylation is 2. The molecule has 0 radical (unpaired) electrons. The summed E-state index contributed by atoms with van der Waals surface area (Å²) in [6.07, 6.45) is 0.187. The van der Waals surface area contributed by atoms with Gasteiger partial charge >= 0.3 is 0 Å². The highest BCUT2D eigenvalue weighted by Gasteiger charge is 2.06. The molecule has 2 heteroatoms. The molecule has 1 rings (SSSR count). The zero-order valence-corrected chi connectivity index (χ0v) is 8.15. The predicted octanol–water partition coefficient (Wildman–Crippen LogP) is 2.57. The van der Waals surface area contributed by atoms with E-state index in [1.807, 2.05) is 13.8 Å². The summed E-state index contributed by atoms with van der Waals surface area (Å²) in [6.45, 7) is 5.24. The van der Waals surface area contributed by atoms with E-state index in [1.165, 1.54) is 13.0 Å². The maximum atomic E-state index is 13.2. The number of carbonyl (C=O) groups excluding carboxylic acids is 1. The monoisotopic (exact) mass is 180 g/mol. The highest BCUT2D eigenvalue weighted by atomic mass is 19.1. The van der Waals surface area contributed by atoms with E-state index in [0.717, 1.165) is 11.1 Å². The van der Waals surface area contributed by atoms with Gasteiger partial charge < -0.3 is 0 Å². The Morgan fingerprint density at radius 3 is 2.38 bits per heavy atom. The van der Waals surface area contributed by atoms with Crippen LogP contribution in [-0.2, 0) is 11.2 Å². The lowest BCUT2D eigenvalue weighted by Gasteiger charge is -2.05. The van der Waals surface area contributed by atoms with Crippen LogP contribution in [0, 0.1) is 19.7 Å². The molecule has 0 fully saturated rings. The second-order valence-corrected chi connectivity index (χ2v) is 3.41. The largest absolute Gasteiger partial charge is 0.300 e. The minimum Gasteiger partial charge on any atom is -0.300 e. The molecule has 70 valence electrons. The van der Waals surface area contributed by atoms with Gasteiger partial charge in [-0.2, -0.15) is 0 Å². The van der Waals surface area contributed by atoms with Crippen molar-refractivity contribution < 1.29 is 9.18 Å². The smallest absolute Gasteiger partial charge is 0.134 e. The zero-order chi connectivity index (χ0) is 10.0. The standard InChI is InChI=1S/C11H13FO/c1-7-4-10(6-9(3)13)11(12)5-8(7)2/h4-5H,6H2,1-3H3. The number of Topliss-reactive ketones (excluding diaryl/α,β-unsaturated/α-hetero) is 1. The molecule has 0 aliphatic heterocycles. The Morgan fingerprint density at radius 1 is 1.31 bits per heavy atom. The minimum absolute atomic E-state index is 0.0119. The van der Waals surface area contributed by atoms with Gasteiger partial charge in [0.1, 0.15) is 11.6 Å². The molecular formula is C11H13FO. The summed E-state index contributed by atoms with van der Waals surface area (Å²) in [5.41, 5.74) is 2.44. The van der Waals surface area contributed by atoms with Crippen LogP contribution in [0.15, 0.2) is 12.1 Å². The molecule has 0 N–H and O–H groups in total. The Balaban J connectivity index is 3.08. The molecule has 0 aliphatic rings. The molecule has 0 amide bonds. The lowest BCUT2D eigenvalue weighted by Crippen LogP contribution is -2.00. The Labute approximate surface area is 77.6 Å². The van der Waals surface area contributed by atoms with Gasteiger partial charge in [0.05, 0.1) is 0 Å². The van der Waals surface area contributed by atoms with Crippen molar-refractivity contribution in [2.45, 2.75) is 27.2 Å². The fraction of sp³-hybridized carbons (Fsp3) is 0.364. The fourth-order valence-corrected chi connectivity index (χ4v) is 1.24. The van der Waals surface area contributed by atoms with E-state index in [9.17, 15) is 9.18 Å². The Bertz CT molecular complexity index is 342. The molecule has 0 bridgehead atoms. The maximum absolute atomic E-state index is 13.2. The first-order valence-electron chi connectivity index (χ1n) is 4.25. The Kier molecular flexibility index (Phi) is 2.81. The zero-order valence-electron chi connectivity index (χ0n) is 8.15. The molecule has 13 heavy (non-hydrogen) atoms. The van der Waals surface area contributed by atoms with E-state index in [2.05, 4.69) is 0 Å². The van der Waals surface area contributed by atoms with Gasteiger partial charge in [0.25, 0.3) is 0 Å². The van der Waals surface area contributed by atoms with Crippen molar-refractivity contribution in [3.8, 4) is 0 Å². The highest BCUT2D eigenvalue weighted by molar-refractivity contribution is 5.78. The third-order valence-electron chi connectivity index (χ3n) is 2.10. The summed E-state index contributed by atoms with van der Waals surface area (Å²) in [7, 11) is 0. The first kappa shape index (κ1) is 9.90. The van der Waals surface area contributed by atoms with Crippen molar-refractivity contribution >= 4 is 5.78 Å². The van der Waals surface area contributed by atoms with E-state index in [-0.39, 0.29) is 18.0 Å². The lowest BCUT2D eigenvalue weighted by atomic mass is 10.0. The molecule has 1 nitrogen and oxygen atoms in total. The molecule has 0 saturated heterocycles. The number of halogens is 1. The van der Waals surface area contributed by atoms with Crippen LogP contribution in [0.4, 0.5) is 4.39 Å². The first-order chi connectivity index (χ1) is 6.00. The van der Waals surface area contributed by atoms with Crippen LogP contribution in [0.1, 0.15) is 23.6 Å². The summed E-state index contributed by atoms with van der Waals surface area (Å²) in [4.78, 5) is 10.8. The van der Waals surface area contributed by atoms with Crippen LogP contribution in [0.2, 0.25) is 0 Å². The average molecular weight is 180 g/mol. The van der Waals surface area contributed by atoms with E-state index < -0.39 is 0 Å². The van der Waals surface area contributed by atoms with Gasteiger partial charge in [-0.3, -0.25) is 4.79 Å². The van der Waals surface area contributed by atoms with Crippen LogP contribution < -0.4 is 0 Å². The molecule has 0 aromatic heterocycles. The summed E-state index contributed by atoms with van der Waals surface area (Å²) in [6, 6.07) is 3.22. The number of ketones is 1. The summed E-state index contributed by atoms with van der Waals surface area (Å²) >= 11 is 0. The Hall–Kier alpha value is -1.18. The van der Waals surface area contributed by atoms with Gasteiger partial charge in [0.15, 0.2) is 0 Å². The number of hydrogen-bond acceptors (Lipinski definition) is 1. The van der Waals surface area contributed by atoms with Gasteiger partial charge in [-0.15, -0.1) is 0 Å². The van der Waals surface area contributed by atoms with Crippen molar-refractivity contribution in [2.24, 2.45) is 0 Å². The highest BCUT2D eigenvalue weighted by Crippen LogP contribution is 2.15. The summed E-state index contributed by atoms with van der Waals surface area (Å²) in [5.74, 6) is -0.291. The van der Waals surface area contributed by atoms with E-state index in [0.29, 0.717) is 5.56 Å². The van der Waals surface area contributed by atoms with E-state index >= 15 is 0 Å². The fourth-order valence-electron chi connectivity index (χ4n) is 1.24. The SMILES string of the molecule is CC(=O)Cc1cc(C)c(C)cc1F. The van der Waals surface area contributed by atoms with Crippen molar-refractivity contribution in [1.29, 1.82) is 0 Å². The quantitative estimate of drug-likeness (QED) is 0.683.